The molecular formula is C13H25N3O3S. The Labute approximate surface area is 121 Å². The number of ether oxygens (including phenoxy) is 1. The summed E-state index contributed by atoms with van der Waals surface area (Å²) in [7, 11) is -1.60. The van der Waals surface area contributed by atoms with Crippen LogP contribution in [0.15, 0.2) is 17.2 Å². The van der Waals surface area contributed by atoms with Crippen molar-refractivity contribution in [1.29, 1.82) is 0 Å². The minimum absolute atomic E-state index is 0.220. The lowest BCUT2D eigenvalue weighted by atomic mass is 10.3. The third-order valence-corrected chi connectivity index (χ3v) is 4.15. The molecule has 0 aliphatic heterocycles. The van der Waals surface area contributed by atoms with Gasteiger partial charge in [0, 0.05) is 31.6 Å². The number of nitrogens with one attached hydrogen (secondary N) is 3. The summed E-state index contributed by atoms with van der Waals surface area (Å²) in [6.07, 6.45) is 3.34. The summed E-state index contributed by atoms with van der Waals surface area (Å²) in [5, 5.41) is 2.96. The van der Waals surface area contributed by atoms with Crippen LogP contribution in [0.2, 0.25) is 0 Å². The van der Waals surface area contributed by atoms with Gasteiger partial charge in [-0.05, 0) is 39.8 Å². The molecule has 7 heteroatoms. The quantitative estimate of drug-likeness (QED) is 0.568. The Balaban J connectivity index is 2.33. The van der Waals surface area contributed by atoms with Gasteiger partial charge in [0.15, 0.2) is 0 Å². The fourth-order valence-corrected chi connectivity index (χ4v) is 2.79. The van der Waals surface area contributed by atoms with E-state index in [2.05, 4.69) is 15.0 Å². The van der Waals surface area contributed by atoms with E-state index in [4.69, 9.17) is 4.74 Å². The highest BCUT2D eigenvalue weighted by molar-refractivity contribution is 7.89. The van der Waals surface area contributed by atoms with Gasteiger partial charge in [-0.1, -0.05) is 0 Å². The van der Waals surface area contributed by atoms with Crippen LogP contribution in [0.3, 0.4) is 0 Å². The van der Waals surface area contributed by atoms with E-state index in [9.17, 15) is 8.42 Å². The molecular weight excluding hydrogens is 278 g/mol. The average Bonchev–Trinajstić information content (AvgIpc) is 2.83. The van der Waals surface area contributed by atoms with Gasteiger partial charge >= 0.3 is 0 Å². The lowest BCUT2D eigenvalue weighted by molar-refractivity contribution is 0.0762. The van der Waals surface area contributed by atoms with Gasteiger partial charge in [-0.15, -0.1) is 0 Å². The first-order chi connectivity index (χ1) is 9.45. The minimum Gasteiger partial charge on any atom is -0.379 e. The molecule has 0 atom stereocenters. The second kappa shape index (κ2) is 8.41. The van der Waals surface area contributed by atoms with Crippen LogP contribution in [0, 0.1) is 0 Å². The Hall–Kier alpha value is -0.890. The minimum atomic E-state index is -3.41. The zero-order valence-corrected chi connectivity index (χ0v) is 13.2. The lowest BCUT2D eigenvalue weighted by Crippen LogP contribution is -2.24. The van der Waals surface area contributed by atoms with Gasteiger partial charge in [0.25, 0.3) is 0 Å². The molecule has 1 heterocycles. The van der Waals surface area contributed by atoms with E-state index in [-0.39, 0.29) is 11.0 Å². The summed E-state index contributed by atoms with van der Waals surface area (Å²) in [6, 6.07) is 1.64. The van der Waals surface area contributed by atoms with Crippen LogP contribution in [0.4, 0.5) is 0 Å². The molecule has 1 rings (SSSR count). The van der Waals surface area contributed by atoms with Crippen molar-refractivity contribution < 1.29 is 13.2 Å². The van der Waals surface area contributed by atoms with Crippen LogP contribution in [0.1, 0.15) is 32.4 Å². The monoisotopic (exact) mass is 303 g/mol. The molecule has 0 saturated carbocycles. The van der Waals surface area contributed by atoms with Crippen molar-refractivity contribution >= 4 is 10.0 Å². The van der Waals surface area contributed by atoms with E-state index in [1.807, 2.05) is 20.9 Å². The highest BCUT2D eigenvalue weighted by Crippen LogP contribution is 2.10. The average molecular weight is 303 g/mol. The Bertz CT molecular complexity index is 483. The number of unbranched alkanes of at least 4 members (excludes halogenated alkanes) is 1. The summed E-state index contributed by atoms with van der Waals surface area (Å²) in [6.45, 7) is 5.67. The van der Waals surface area contributed by atoms with Crippen LogP contribution in [0.5, 0.6) is 0 Å². The first-order valence-corrected chi connectivity index (χ1v) is 8.37. The summed E-state index contributed by atoms with van der Waals surface area (Å²) in [5.74, 6) is 0. The maximum Gasteiger partial charge on any atom is 0.242 e. The fraction of sp³-hybridized carbons (Fsp3) is 0.692. The number of aromatic amines is 1. The van der Waals surface area contributed by atoms with Crippen molar-refractivity contribution in [2.45, 2.75) is 44.2 Å². The number of hydrogen-bond donors (Lipinski definition) is 3. The normalized spacial score (nSPS) is 12.2. The largest absolute Gasteiger partial charge is 0.379 e. The molecule has 6 nitrogen and oxygen atoms in total. The van der Waals surface area contributed by atoms with Crippen molar-refractivity contribution in [2.24, 2.45) is 0 Å². The number of hydrogen-bond acceptors (Lipinski definition) is 4. The maximum atomic E-state index is 12.0. The van der Waals surface area contributed by atoms with Gasteiger partial charge in [0.1, 0.15) is 0 Å². The Kier molecular flexibility index (Phi) is 7.22. The Morgan fingerprint density at radius 3 is 2.75 bits per heavy atom. The molecule has 0 spiro atoms. The van der Waals surface area contributed by atoms with Crippen molar-refractivity contribution in [3.05, 3.63) is 18.0 Å². The lowest BCUT2D eigenvalue weighted by Gasteiger charge is -2.07. The van der Waals surface area contributed by atoms with Gasteiger partial charge in [-0.3, -0.25) is 0 Å². The standard InChI is InChI=1S/C13H25N3O3S/c1-11(2)19-7-5-4-6-16-20(17,18)13-8-12(9-14-3)15-10-13/h8,10-11,14-16H,4-7,9H2,1-3H3. The molecule has 0 unspecified atom stereocenters. The molecule has 0 saturated heterocycles. The van der Waals surface area contributed by atoms with Crippen molar-refractivity contribution in [2.75, 3.05) is 20.2 Å². The molecule has 0 fully saturated rings. The van der Waals surface area contributed by atoms with Gasteiger partial charge in [0.05, 0.1) is 11.0 Å². The summed E-state index contributed by atoms with van der Waals surface area (Å²) in [5.41, 5.74) is 0.846. The van der Waals surface area contributed by atoms with Crippen LogP contribution in [0.25, 0.3) is 0 Å². The molecule has 0 radical (unpaired) electrons. The van der Waals surface area contributed by atoms with Gasteiger partial charge in [0.2, 0.25) is 10.0 Å². The van der Waals surface area contributed by atoms with Gasteiger partial charge in [-0.2, -0.15) is 0 Å². The topological polar surface area (TPSA) is 83.2 Å². The van der Waals surface area contributed by atoms with E-state index in [1.165, 1.54) is 6.20 Å². The number of H-pyrrole nitrogens is 1. The molecule has 0 aromatic carbocycles. The number of aromatic nitrogens is 1. The molecule has 0 aliphatic rings. The predicted molar refractivity (Wildman–Crippen MR) is 79.1 cm³/mol. The molecule has 116 valence electrons. The molecule has 0 aliphatic carbocycles. The SMILES string of the molecule is CNCc1cc(S(=O)(=O)NCCCCOC(C)C)c[nH]1. The molecule has 0 bridgehead atoms. The smallest absolute Gasteiger partial charge is 0.242 e. The first-order valence-electron chi connectivity index (χ1n) is 6.89. The predicted octanol–water partition coefficient (Wildman–Crippen LogP) is 1.22. The summed E-state index contributed by atoms with van der Waals surface area (Å²) in [4.78, 5) is 3.21. The first kappa shape index (κ1) is 17.2. The van der Waals surface area contributed by atoms with Gasteiger partial charge in [-0.25, -0.2) is 13.1 Å². The Morgan fingerprint density at radius 2 is 2.10 bits per heavy atom. The number of sulfonamides is 1. The second-order valence-electron chi connectivity index (χ2n) is 4.92. The van der Waals surface area contributed by atoms with E-state index in [1.54, 1.807) is 6.07 Å². The van der Waals surface area contributed by atoms with Crippen LogP contribution < -0.4 is 10.0 Å². The van der Waals surface area contributed by atoms with E-state index in [0.29, 0.717) is 19.7 Å². The number of rotatable bonds is 10. The zero-order chi connectivity index (χ0) is 15.0. The molecule has 20 heavy (non-hydrogen) atoms. The van der Waals surface area contributed by atoms with Crippen LogP contribution >= 0.6 is 0 Å². The third-order valence-electron chi connectivity index (χ3n) is 2.71. The molecule has 0 amide bonds. The van der Waals surface area contributed by atoms with Crippen LogP contribution in [-0.4, -0.2) is 39.7 Å². The van der Waals surface area contributed by atoms with Gasteiger partial charge < -0.3 is 15.0 Å². The van der Waals surface area contributed by atoms with Crippen molar-refractivity contribution in [3.8, 4) is 0 Å². The molecule has 3 N–H and O–H groups in total. The molecule has 1 aromatic heterocycles. The van der Waals surface area contributed by atoms with E-state index >= 15 is 0 Å². The molecule has 1 aromatic rings. The van der Waals surface area contributed by atoms with Crippen molar-refractivity contribution in [1.82, 2.24) is 15.0 Å². The maximum absolute atomic E-state index is 12.0. The van der Waals surface area contributed by atoms with E-state index < -0.39 is 10.0 Å². The third kappa shape index (κ3) is 6.04. The zero-order valence-electron chi connectivity index (χ0n) is 12.4. The highest BCUT2D eigenvalue weighted by atomic mass is 32.2. The van der Waals surface area contributed by atoms with Crippen molar-refractivity contribution in [3.63, 3.8) is 0 Å². The summed E-state index contributed by atoms with van der Waals surface area (Å²) < 4.78 is 32.0. The highest BCUT2D eigenvalue weighted by Gasteiger charge is 2.14. The summed E-state index contributed by atoms with van der Waals surface area (Å²) >= 11 is 0. The Morgan fingerprint density at radius 1 is 1.35 bits per heavy atom. The second-order valence-corrected chi connectivity index (χ2v) is 6.68. The van der Waals surface area contributed by atoms with Crippen LogP contribution in [-0.2, 0) is 21.3 Å². The fourth-order valence-electron chi connectivity index (χ4n) is 1.70. The van der Waals surface area contributed by atoms with E-state index in [0.717, 1.165) is 18.5 Å².